The summed E-state index contributed by atoms with van der Waals surface area (Å²) in [5, 5.41) is 7.90. The Kier molecular flexibility index (Phi) is 6.83. The van der Waals surface area contributed by atoms with Crippen molar-refractivity contribution in [3.63, 3.8) is 0 Å². The molecule has 1 N–H and O–H groups in total. The highest BCUT2D eigenvalue weighted by Gasteiger charge is 2.16. The summed E-state index contributed by atoms with van der Waals surface area (Å²) in [6.45, 7) is 10.3. The van der Waals surface area contributed by atoms with E-state index in [0.717, 1.165) is 46.4 Å². The topological polar surface area (TPSA) is 68.1 Å². The fraction of sp³-hybridized carbons (Fsp3) is 0.370. The van der Waals surface area contributed by atoms with Crippen LogP contribution in [0.5, 0.6) is 5.75 Å². The minimum absolute atomic E-state index is 0.581. The SMILES string of the molecule is Cc1cnc(Nc2ccc(OCCN3CCCC3)cc2)nc1-c1ccc(-c2c(C)nn(C)c2C)s1. The molecule has 7 nitrogen and oxygen atoms in total. The molecule has 1 aliphatic rings. The van der Waals surface area contributed by atoms with Gasteiger partial charge in [-0.3, -0.25) is 9.58 Å². The number of benzene rings is 1. The van der Waals surface area contributed by atoms with E-state index in [2.05, 4.69) is 46.3 Å². The van der Waals surface area contributed by atoms with E-state index in [0.29, 0.717) is 5.95 Å². The summed E-state index contributed by atoms with van der Waals surface area (Å²) < 4.78 is 7.85. The second-order valence-corrected chi connectivity index (χ2v) is 10.2. The Labute approximate surface area is 210 Å². The van der Waals surface area contributed by atoms with Crippen molar-refractivity contribution in [1.82, 2.24) is 24.6 Å². The minimum Gasteiger partial charge on any atom is -0.492 e. The first kappa shape index (κ1) is 23.5. The van der Waals surface area contributed by atoms with Crippen LogP contribution in [0.25, 0.3) is 21.0 Å². The number of nitrogens with zero attached hydrogens (tertiary/aromatic N) is 5. The molecule has 0 atom stereocenters. The molecule has 35 heavy (non-hydrogen) atoms. The lowest BCUT2D eigenvalue weighted by Gasteiger charge is -2.15. The predicted molar refractivity (Wildman–Crippen MR) is 143 cm³/mol. The van der Waals surface area contributed by atoms with Crippen LogP contribution < -0.4 is 10.1 Å². The second kappa shape index (κ2) is 10.2. The number of anilines is 2. The number of aromatic nitrogens is 4. The molecule has 4 heterocycles. The Bertz CT molecular complexity index is 1300. The highest BCUT2D eigenvalue weighted by molar-refractivity contribution is 7.18. The third-order valence-corrected chi connectivity index (χ3v) is 7.66. The summed E-state index contributed by atoms with van der Waals surface area (Å²) in [7, 11) is 1.99. The zero-order valence-electron chi connectivity index (χ0n) is 20.8. The lowest BCUT2D eigenvalue weighted by atomic mass is 10.1. The molecule has 0 radical (unpaired) electrons. The Morgan fingerprint density at radius 2 is 1.74 bits per heavy atom. The smallest absolute Gasteiger partial charge is 0.227 e. The van der Waals surface area contributed by atoms with Gasteiger partial charge in [-0.2, -0.15) is 5.10 Å². The maximum absolute atomic E-state index is 5.92. The molecular formula is C27H32N6OS. The summed E-state index contributed by atoms with van der Waals surface area (Å²) in [5.41, 5.74) is 6.34. The molecule has 0 amide bonds. The van der Waals surface area contributed by atoms with Crippen LogP contribution in [0, 0.1) is 20.8 Å². The Morgan fingerprint density at radius 3 is 2.46 bits per heavy atom. The van der Waals surface area contributed by atoms with Crippen molar-refractivity contribution in [3.05, 3.63) is 59.5 Å². The quantitative estimate of drug-likeness (QED) is 0.341. The van der Waals surface area contributed by atoms with Gasteiger partial charge >= 0.3 is 0 Å². The Hall–Kier alpha value is -3.23. The van der Waals surface area contributed by atoms with Gasteiger partial charge < -0.3 is 10.1 Å². The predicted octanol–water partition coefficient (Wildman–Crippen LogP) is 5.75. The molecule has 8 heteroatoms. The molecule has 1 fully saturated rings. The summed E-state index contributed by atoms with van der Waals surface area (Å²) in [6, 6.07) is 12.3. The third kappa shape index (κ3) is 5.23. The van der Waals surface area contributed by atoms with E-state index >= 15 is 0 Å². The molecule has 0 unspecified atom stereocenters. The first-order chi connectivity index (χ1) is 17.0. The maximum atomic E-state index is 5.92. The van der Waals surface area contributed by atoms with Gasteiger partial charge in [0.25, 0.3) is 0 Å². The van der Waals surface area contributed by atoms with E-state index in [9.17, 15) is 0 Å². The van der Waals surface area contributed by atoms with E-state index < -0.39 is 0 Å². The van der Waals surface area contributed by atoms with E-state index in [-0.39, 0.29) is 0 Å². The number of ether oxygens (including phenoxy) is 1. The molecular weight excluding hydrogens is 456 g/mol. The average molecular weight is 489 g/mol. The van der Waals surface area contributed by atoms with Gasteiger partial charge in [0.15, 0.2) is 0 Å². The summed E-state index contributed by atoms with van der Waals surface area (Å²) in [5.74, 6) is 1.46. The van der Waals surface area contributed by atoms with Gasteiger partial charge in [-0.1, -0.05) is 0 Å². The molecule has 5 rings (SSSR count). The maximum Gasteiger partial charge on any atom is 0.227 e. The van der Waals surface area contributed by atoms with Crippen LogP contribution in [0.15, 0.2) is 42.6 Å². The first-order valence-electron chi connectivity index (χ1n) is 12.1. The Morgan fingerprint density at radius 1 is 1.00 bits per heavy atom. The molecule has 1 aliphatic heterocycles. The van der Waals surface area contributed by atoms with Gasteiger partial charge in [0.05, 0.1) is 16.3 Å². The lowest BCUT2D eigenvalue weighted by molar-refractivity contribution is 0.238. The fourth-order valence-corrected chi connectivity index (χ4v) is 5.75. The molecule has 0 spiro atoms. The molecule has 0 bridgehead atoms. The average Bonchev–Trinajstić information content (AvgIpc) is 3.58. The normalized spacial score (nSPS) is 13.9. The van der Waals surface area contributed by atoms with Crippen LogP contribution in [0.3, 0.4) is 0 Å². The van der Waals surface area contributed by atoms with Gasteiger partial charge in [-0.15, -0.1) is 11.3 Å². The van der Waals surface area contributed by atoms with Gasteiger partial charge in [0, 0.05) is 41.6 Å². The number of aryl methyl sites for hydroxylation is 3. The monoisotopic (exact) mass is 488 g/mol. The van der Waals surface area contributed by atoms with E-state index in [1.54, 1.807) is 11.3 Å². The van der Waals surface area contributed by atoms with Crippen molar-refractivity contribution in [1.29, 1.82) is 0 Å². The van der Waals surface area contributed by atoms with Gasteiger partial charge in [0.1, 0.15) is 12.4 Å². The van der Waals surface area contributed by atoms with Crippen molar-refractivity contribution >= 4 is 23.0 Å². The van der Waals surface area contributed by atoms with Crippen LogP contribution in [0.2, 0.25) is 0 Å². The van der Waals surface area contributed by atoms with Crippen molar-refractivity contribution < 1.29 is 4.74 Å². The van der Waals surface area contributed by atoms with Crippen LogP contribution in [-0.4, -0.2) is 50.9 Å². The minimum atomic E-state index is 0.581. The molecule has 1 saturated heterocycles. The van der Waals surface area contributed by atoms with Crippen LogP contribution in [0.1, 0.15) is 29.8 Å². The Balaban J connectivity index is 1.27. The summed E-state index contributed by atoms with van der Waals surface area (Å²) in [6.07, 6.45) is 4.49. The number of hydrogen-bond acceptors (Lipinski definition) is 7. The van der Waals surface area contributed by atoms with Crippen molar-refractivity contribution in [3.8, 4) is 26.8 Å². The molecule has 4 aromatic rings. The highest BCUT2D eigenvalue weighted by atomic mass is 32.1. The molecule has 182 valence electrons. The standard InChI is InChI=1S/C27H32N6OS/c1-18-17-28-27(29-21-7-9-22(10-8-21)34-16-15-33-13-5-6-14-33)30-26(18)24-12-11-23(35-24)25-19(2)31-32(4)20(25)3/h7-12,17H,5-6,13-16H2,1-4H3,(H,28,29,30). The summed E-state index contributed by atoms with van der Waals surface area (Å²) >= 11 is 1.74. The second-order valence-electron chi connectivity index (χ2n) is 9.11. The van der Waals surface area contributed by atoms with Gasteiger partial charge in [-0.25, -0.2) is 9.97 Å². The van der Waals surface area contributed by atoms with Crippen LogP contribution >= 0.6 is 11.3 Å². The number of hydrogen-bond donors (Lipinski definition) is 1. The lowest BCUT2D eigenvalue weighted by Crippen LogP contribution is -2.25. The van der Waals surface area contributed by atoms with Crippen molar-refractivity contribution in [2.45, 2.75) is 33.6 Å². The first-order valence-corrected chi connectivity index (χ1v) is 13.0. The van der Waals surface area contributed by atoms with Gasteiger partial charge in [-0.05, 0) is 88.7 Å². The molecule has 0 aliphatic carbocycles. The van der Waals surface area contributed by atoms with Crippen molar-refractivity contribution in [2.24, 2.45) is 7.05 Å². The molecule has 1 aromatic carbocycles. The van der Waals surface area contributed by atoms with E-state index in [1.807, 2.05) is 49.1 Å². The zero-order chi connectivity index (χ0) is 24.4. The van der Waals surface area contributed by atoms with Crippen LogP contribution in [0.4, 0.5) is 11.6 Å². The van der Waals surface area contributed by atoms with E-state index in [4.69, 9.17) is 9.72 Å². The highest BCUT2D eigenvalue weighted by Crippen LogP contribution is 2.37. The fourth-order valence-electron chi connectivity index (χ4n) is 4.54. The molecule has 0 saturated carbocycles. The van der Waals surface area contributed by atoms with Crippen molar-refractivity contribution in [2.75, 3.05) is 31.6 Å². The van der Waals surface area contributed by atoms with Gasteiger partial charge in [0.2, 0.25) is 5.95 Å². The number of likely N-dealkylation sites (tertiary alicyclic amines) is 1. The number of rotatable bonds is 8. The third-order valence-electron chi connectivity index (χ3n) is 6.55. The summed E-state index contributed by atoms with van der Waals surface area (Å²) in [4.78, 5) is 14.1. The van der Waals surface area contributed by atoms with Crippen LogP contribution in [-0.2, 0) is 7.05 Å². The molecule has 3 aromatic heterocycles. The largest absolute Gasteiger partial charge is 0.492 e. The number of thiophene rings is 1. The zero-order valence-corrected chi connectivity index (χ0v) is 21.7. The number of nitrogens with one attached hydrogen (secondary N) is 1. The van der Waals surface area contributed by atoms with E-state index in [1.165, 1.54) is 42.1 Å².